The molecule has 9 nitrogen and oxygen atoms in total. The van der Waals surface area contributed by atoms with E-state index in [9.17, 15) is 29.1 Å². The highest BCUT2D eigenvalue weighted by atomic mass is 16.4. The molecule has 2 atom stereocenters. The molecule has 2 amide bonds. The Bertz CT molecular complexity index is 696. The van der Waals surface area contributed by atoms with E-state index in [4.69, 9.17) is 5.11 Å². The van der Waals surface area contributed by atoms with Gasteiger partial charge in [-0.2, -0.15) is 0 Å². The average Bonchev–Trinajstić information content (AvgIpc) is 2.85. The van der Waals surface area contributed by atoms with Gasteiger partial charge in [0, 0.05) is 31.7 Å². The molecule has 4 N–H and O–H groups in total. The summed E-state index contributed by atoms with van der Waals surface area (Å²) >= 11 is 0. The van der Waals surface area contributed by atoms with E-state index >= 15 is 0 Å². The molecule has 0 aliphatic rings. The summed E-state index contributed by atoms with van der Waals surface area (Å²) in [6, 6.07) is -1.07. The summed E-state index contributed by atoms with van der Waals surface area (Å²) in [6.07, 6.45) is 15.7. The second-order valence-electron chi connectivity index (χ2n) is 10.5. The fraction of sp³-hybridized carbons (Fsp3) is 0.828. The number of rotatable bonds is 26. The molecule has 0 spiro atoms. The number of hydrogen-bond donors (Lipinski definition) is 4. The van der Waals surface area contributed by atoms with Crippen LogP contribution in [-0.2, 0) is 24.0 Å². The largest absolute Gasteiger partial charge is 0.481 e. The Morgan fingerprint density at radius 1 is 0.605 bits per heavy atom. The third-order valence-corrected chi connectivity index (χ3v) is 6.92. The van der Waals surface area contributed by atoms with Crippen LogP contribution in [-0.4, -0.2) is 52.3 Å². The second-order valence-corrected chi connectivity index (χ2v) is 10.5. The van der Waals surface area contributed by atoms with Gasteiger partial charge in [0.1, 0.15) is 11.8 Å². The van der Waals surface area contributed by atoms with E-state index in [2.05, 4.69) is 10.6 Å². The number of carboxylic acids is 2. The van der Waals surface area contributed by atoms with E-state index in [0.29, 0.717) is 6.54 Å². The Labute approximate surface area is 228 Å². The number of ketones is 1. The van der Waals surface area contributed by atoms with Crippen molar-refractivity contribution in [3.05, 3.63) is 0 Å². The molecule has 0 bridgehead atoms. The molecule has 9 heteroatoms. The number of aliphatic carboxylic acids is 2. The predicted molar refractivity (Wildman–Crippen MR) is 148 cm³/mol. The number of Topliss-reactive ketones (excluding diaryl/α,β-unsaturated/α-hetero) is 1. The first-order chi connectivity index (χ1) is 18.1. The monoisotopic (exact) mass is 540 g/mol. The summed E-state index contributed by atoms with van der Waals surface area (Å²) in [7, 11) is 0. The maximum absolute atomic E-state index is 12.2. The third-order valence-electron chi connectivity index (χ3n) is 6.92. The first-order valence-corrected chi connectivity index (χ1v) is 14.6. The molecule has 0 heterocycles. The van der Waals surface area contributed by atoms with E-state index < -0.39 is 18.0 Å². The molecular formula is C29H52N2O7. The molecule has 0 saturated heterocycles. The lowest BCUT2D eigenvalue weighted by molar-refractivity contribution is -0.142. The average molecular weight is 541 g/mol. The van der Waals surface area contributed by atoms with Gasteiger partial charge < -0.3 is 20.8 Å². The van der Waals surface area contributed by atoms with Crippen LogP contribution in [0.3, 0.4) is 0 Å². The van der Waals surface area contributed by atoms with Crippen molar-refractivity contribution in [1.29, 1.82) is 0 Å². The zero-order valence-electron chi connectivity index (χ0n) is 23.7. The number of nitrogens with one attached hydrogen (secondary N) is 2. The lowest BCUT2D eigenvalue weighted by atomic mass is 10.0. The van der Waals surface area contributed by atoms with E-state index in [-0.39, 0.29) is 49.2 Å². The predicted octanol–water partition coefficient (Wildman–Crippen LogP) is 5.39. The van der Waals surface area contributed by atoms with Crippen LogP contribution < -0.4 is 10.6 Å². The molecule has 0 aromatic heterocycles. The van der Waals surface area contributed by atoms with Gasteiger partial charge in [-0.1, -0.05) is 77.6 Å². The smallest absolute Gasteiger partial charge is 0.326 e. The van der Waals surface area contributed by atoms with Crippen LogP contribution in [0.5, 0.6) is 0 Å². The van der Waals surface area contributed by atoms with Crippen LogP contribution in [0.25, 0.3) is 0 Å². The molecule has 220 valence electrons. The molecule has 0 aliphatic heterocycles. The number of carbonyl (C=O) groups is 5. The van der Waals surface area contributed by atoms with Gasteiger partial charge in [-0.3, -0.25) is 19.2 Å². The fourth-order valence-corrected chi connectivity index (χ4v) is 4.22. The minimum atomic E-state index is -1.13. The third kappa shape index (κ3) is 22.7. The number of carboxylic acid groups (broad SMARTS) is 2. The number of amides is 2. The first-order valence-electron chi connectivity index (χ1n) is 14.6. The summed E-state index contributed by atoms with van der Waals surface area (Å²) < 4.78 is 0. The molecule has 0 fully saturated rings. The van der Waals surface area contributed by atoms with Crippen LogP contribution in [0, 0.1) is 5.92 Å². The zero-order chi connectivity index (χ0) is 28.6. The number of hydrogen-bond acceptors (Lipinski definition) is 5. The van der Waals surface area contributed by atoms with Gasteiger partial charge in [-0.05, 0) is 39.0 Å². The van der Waals surface area contributed by atoms with Gasteiger partial charge in [0.15, 0.2) is 0 Å². The van der Waals surface area contributed by atoms with Gasteiger partial charge in [-0.25, -0.2) is 4.79 Å². The Kier molecular flexibility index (Phi) is 22.1. The SMILES string of the molecule is CC(=O)[C@@H](C)CCCCNC(=O)CC[C@H](NC(=O)CCCCCCCCCCCCCCC(=O)O)C(=O)O. The Morgan fingerprint density at radius 3 is 1.58 bits per heavy atom. The Morgan fingerprint density at radius 2 is 1.11 bits per heavy atom. The highest BCUT2D eigenvalue weighted by molar-refractivity contribution is 5.84. The van der Waals surface area contributed by atoms with Gasteiger partial charge in [0.05, 0.1) is 0 Å². The van der Waals surface area contributed by atoms with Crippen molar-refractivity contribution in [2.45, 2.75) is 142 Å². The van der Waals surface area contributed by atoms with Gasteiger partial charge in [0.25, 0.3) is 0 Å². The molecule has 0 rings (SSSR count). The summed E-state index contributed by atoms with van der Waals surface area (Å²) in [6.45, 7) is 3.96. The van der Waals surface area contributed by atoms with Crippen LogP contribution in [0.1, 0.15) is 136 Å². The fourth-order valence-electron chi connectivity index (χ4n) is 4.22. The van der Waals surface area contributed by atoms with Crippen molar-refractivity contribution in [2.75, 3.05) is 6.54 Å². The number of carbonyl (C=O) groups excluding carboxylic acids is 3. The highest BCUT2D eigenvalue weighted by Crippen LogP contribution is 2.13. The molecule has 0 radical (unpaired) electrons. The first kappa shape index (κ1) is 35.5. The Balaban J connectivity index is 3.75. The van der Waals surface area contributed by atoms with Crippen molar-refractivity contribution < 1.29 is 34.2 Å². The normalized spacial score (nSPS) is 12.5. The molecule has 0 aromatic rings. The van der Waals surface area contributed by atoms with Crippen LogP contribution >= 0.6 is 0 Å². The molecule has 0 aromatic carbocycles. The van der Waals surface area contributed by atoms with Crippen LogP contribution in [0.4, 0.5) is 0 Å². The van der Waals surface area contributed by atoms with Crippen LogP contribution in [0.2, 0.25) is 0 Å². The standard InChI is InChI=1S/C29H52N2O7/c1-23(24(2)32)17-15-16-22-30-26(33)21-20-25(29(37)38)31-27(34)18-13-11-9-7-5-3-4-6-8-10-12-14-19-28(35)36/h23,25H,3-22H2,1-2H3,(H,30,33)(H,31,34)(H,35,36)(H,37,38)/t23-,25-/m0/s1. The molecule has 38 heavy (non-hydrogen) atoms. The maximum Gasteiger partial charge on any atom is 0.326 e. The van der Waals surface area contributed by atoms with E-state index in [1.165, 1.54) is 32.1 Å². The summed E-state index contributed by atoms with van der Waals surface area (Å²) in [5.41, 5.74) is 0. The highest BCUT2D eigenvalue weighted by Gasteiger charge is 2.20. The van der Waals surface area contributed by atoms with Crippen molar-refractivity contribution in [1.82, 2.24) is 10.6 Å². The van der Waals surface area contributed by atoms with Crippen LogP contribution in [0.15, 0.2) is 0 Å². The second kappa shape index (κ2) is 23.7. The summed E-state index contributed by atoms with van der Waals surface area (Å²) in [5, 5.41) is 23.3. The Hall–Kier alpha value is -2.45. The number of unbranched alkanes of at least 4 members (excludes halogenated alkanes) is 12. The minimum absolute atomic E-state index is 0.0293. The van der Waals surface area contributed by atoms with E-state index in [1.54, 1.807) is 6.92 Å². The lowest BCUT2D eigenvalue weighted by Crippen LogP contribution is -2.41. The molecule has 0 saturated carbocycles. The van der Waals surface area contributed by atoms with Gasteiger partial charge >= 0.3 is 11.9 Å². The van der Waals surface area contributed by atoms with Gasteiger partial charge in [0.2, 0.25) is 11.8 Å². The molecule has 0 unspecified atom stereocenters. The lowest BCUT2D eigenvalue weighted by Gasteiger charge is -2.14. The molecule has 0 aliphatic carbocycles. The van der Waals surface area contributed by atoms with E-state index in [1.807, 2.05) is 6.92 Å². The molecular weight excluding hydrogens is 488 g/mol. The zero-order valence-corrected chi connectivity index (χ0v) is 23.7. The van der Waals surface area contributed by atoms with Crippen molar-refractivity contribution in [2.24, 2.45) is 5.92 Å². The minimum Gasteiger partial charge on any atom is -0.481 e. The van der Waals surface area contributed by atoms with Crippen molar-refractivity contribution in [3.8, 4) is 0 Å². The van der Waals surface area contributed by atoms with Crippen molar-refractivity contribution >= 4 is 29.5 Å². The quantitative estimate of drug-likeness (QED) is 0.107. The maximum atomic E-state index is 12.2. The van der Waals surface area contributed by atoms with Crippen molar-refractivity contribution in [3.63, 3.8) is 0 Å². The van der Waals surface area contributed by atoms with Gasteiger partial charge in [-0.15, -0.1) is 0 Å². The topological polar surface area (TPSA) is 150 Å². The summed E-state index contributed by atoms with van der Waals surface area (Å²) in [4.78, 5) is 57.3. The van der Waals surface area contributed by atoms with E-state index in [0.717, 1.165) is 64.2 Å². The summed E-state index contributed by atoms with van der Waals surface area (Å²) in [5.74, 6) is -2.18.